The first-order chi connectivity index (χ1) is 9.63. The topological polar surface area (TPSA) is 42.7 Å². The number of aromatic nitrogens is 3. The molecule has 2 heterocycles. The van der Waals surface area contributed by atoms with E-state index >= 15 is 0 Å². The largest absolute Gasteiger partial charge is 0.309 e. The van der Waals surface area contributed by atoms with Crippen molar-refractivity contribution in [1.82, 2.24) is 20.1 Å². The second kappa shape index (κ2) is 6.86. The summed E-state index contributed by atoms with van der Waals surface area (Å²) in [6, 6.07) is 6.19. The maximum Gasteiger partial charge on any atom is 0.0596 e. The summed E-state index contributed by atoms with van der Waals surface area (Å²) in [7, 11) is 0. The summed E-state index contributed by atoms with van der Waals surface area (Å²) in [5.74, 6) is 0. The van der Waals surface area contributed by atoms with Gasteiger partial charge in [0, 0.05) is 24.9 Å². The molecule has 0 radical (unpaired) electrons. The van der Waals surface area contributed by atoms with Crippen LogP contribution in [-0.4, -0.2) is 21.3 Å². The number of likely N-dealkylation sites (N-methyl/N-ethyl adjacent to an activating group) is 1. The molecular weight excluding hydrogens is 272 g/mol. The molecule has 1 unspecified atom stereocenters. The van der Waals surface area contributed by atoms with Gasteiger partial charge >= 0.3 is 0 Å². The Bertz CT molecular complexity index is 548. The van der Waals surface area contributed by atoms with Crippen LogP contribution in [0.4, 0.5) is 0 Å². The Balaban J connectivity index is 2.22. The van der Waals surface area contributed by atoms with Crippen molar-refractivity contribution in [3.05, 3.63) is 46.5 Å². The highest BCUT2D eigenvalue weighted by Crippen LogP contribution is 2.19. The minimum Gasteiger partial charge on any atom is -0.309 e. The summed E-state index contributed by atoms with van der Waals surface area (Å²) >= 11 is 5.91. The van der Waals surface area contributed by atoms with Crippen molar-refractivity contribution in [2.24, 2.45) is 0 Å². The van der Waals surface area contributed by atoms with E-state index < -0.39 is 0 Å². The minimum absolute atomic E-state index is 0.179. The van der Waals surface area contributed by atoms with E-state index in [4.69, 9.17) is 11.6 Å². The van der Waals surface area contributed by atoms with Gasteiger partial charge in [0.2, 0.25) is 0 Å². The molecule has 0 spiro atoms. The van der Waals surface area contributed by atoms with E-state index in [2.05, 4.69) is 40.0 Å². The molecule has 0 aliphatic rings. The Kier molecular flexibility index (Phi) is 5.15. The first-order valence-corrected chi connectivity index (χ1v) is 7.40. The lowest BCUT2D eigenvalue weighted by Gasteiger charge is -2.18. The lowest BCUT2D eigenvalue weighted by atomic mass is 10.1. The van der Waals surface area contributed by atoms with Crippen LogP contribution in [0.5, 0.6) is 0 Å². The zero-order valence-corrected chi connectivity index (χ0v) is 13.0. The third-order valence-electron chi connectivity index (χ3n) is 3.26. The van der Waals surface area contributed by atoms with E-state index in [0.717, 1.165) is 30.9 Å². The molecule has 0 aliphatic heterocycles. The number of hydrogen-bond donors (Lipinski definition) is 1. The van der Waals surface area contributed by atoms with Crippen LogP contribution in [0.1, 0.15) is 37.0 Å². The van der Waals surface area contributed by atoms with Gasteiger partial charge in [-0.25, -0.2) is 0 Å². The molecule has 1 atom stereocenters. The first-order valence-electron chi connectivity index (χ1n) is 7.02. The van der Waals surface area contributed by atoms with Gasteiger partial charge in [-0.3, -0.25) is 9.67 Å². The second-order valence-corrected chi connectivity index (χ2v) is 5.24. The van der Waals surface area contributed by atoms with Gasteiger partial charge in [0.1, 0.15) is 0 Å². The number of aryl methyl sites for hydroxylation is 2. The summed E-state index contributed by atoms with van der Waals surface area (Å²) in [4.78, 5) is 4.43. The molecule has 108 valence electrons. The minimum atomic E-state index is 0.179. The highest BCUT2D eigenvalue weighted by atomic mass is 35.5. The molecule has 0 saturated heterocycles. The normalized spacial score (nSPS) is 12.6. The Hall–Kier alpha value is -1.39. The van der Waals surface area contributed by atoms with E-state index in [1.54, 1.807) is 6.20 Å². The molecule has 2 aromatic heterocycles. The average Bonchev–Trinajstić information content (AvgIpc) is 2.79. The average molecular weight is 293 g/mol. The fourth-order valence-corrected chi connectivity index (χ4v) is 2.48. The van der Waals surface area contributed by atoms with E-state index in [0.29, 0.717) is 5.02 Å². The fourth-order valence-electron chi connectivity index (χ4n) is 2.37. The van der Waals surface area contributed by atoms with E-state index in [-0.39, 0.29) is 6.04 Å². The molecule has 1 N–H and O–H groups in total. The van der Waals surface area contributed by atoms with Crippen LogP contribution in [0.2, 0.25) is 5.02 Å². The van der Waals surface area contributed by atoms with Crippen LogP contribution < -0.4 is 5.32 Å². The van der Waals surface area contributed by atoms with Crippen LogP contribution in [0, 0.1) is 6.92 Å². The summed E-state index contributed by atoms with van der Waals surface area (Å²) in [6.45, 7) is 8.02. The summed E-state index contributed by atoms with van der Waals surface area (Å²) < 4.78 is 2.05. The lowest BCUT2D eigenvalue weighted by molar-refractivity contribution is 0.506. The third-order valence-corrected chi connectivity index (χ3v) is 3.48. The summed E-state index contributed by atoms with van der Waals surface area (Å²) in [5, 5.41) is 8.64. The van der Waals surface area contributed by atoms with Crippen molar-refractivity contribution in [2.45, 2.75) is 39.8 Å². The van der Waals surface area contributed by atoms with Crippen LogP contribution >= 0.6 is 11.6 Å². The fraction of sp³-hybridized carbons (Fsp3) is 0.467. The van der Waals surface area contributed by atoms with E-state index in [1.165, 1.54) is 5.69 Å². The summed E-state index contributed by atoms with van der Waals surface area (Å²) in [6.07, 6.45) is 2.57. The van der Waals surface area contributed by atoms with Crippen molar-refractivity contribution in [2.75, 3.05) is 6.54 Å². The van der Waals surface area contributed by atoms with Crippen LogP contribution in [0.15, 0.2) is 24.4 Å². The van der Waals surface area contributed by atoms with Gasteiger partial charge in [0.05, 0.1) is 22.5 Å². The number of rotatable bonds is 6. The number of pyridine rings is 1. The number of halogens is 1. The van der Waals surface area contributed by atoms with Gasteiger partial charge in [-0.2, -0.15) is 5.10 Å². The van der Waals surface area contributed by atoms with Gasteiger partial charge < -0.3 is 5.32 Å². The molecule has 0 bridgehead atoms. The monoisotopic (exact) mass is 292 g/mol. The number of hydrogen-bond acceptors (Lipinski definition) is 3. The van der Waals surface area contributed by atoms with Crippen LogP contribution in [0.3, 0.4) is 0 Å². The van der Waals surface area contributed by atoms with Crippen LogP contribution in [0.25, 0.3) is 0 Å². The van der Waals surface area contributed by atoms with E-state index in [9.17, 15) is 0 Å². The van der Waals surface area contributed by atoms with Gasteiger partial charge in [0.15, 0.2) is 0 Å². The molecule has 0 fully saturated rings. The Labute approximate surface area is 125 Å². The molecule has 4 nitrogen and oxygen atoms in total. The Morgan fingerprint density at radius 1 is 1.35 bits per heavy atom. The number of nitrogens with one attached hydrogen (secondary N) is 1. The van der Waals surface area contributed by atoms with Crippen molar-refractivity contribution < 1.29 is 0 Å². The molecule has 5 heteroatoms. The maximum atomic E-state index is 5.91. The van der Waals surface area contributed by atoms with Gasteiger partial charge in [-0.05, 0) is 38.6 Å². The van der Waals surface area contributed by atoms with E-state index in [1.807, 2.05) is 19.1 Å². The molecule has 0 aromatic carbocycles. The predicted molar refractivity (Wildman–Crippen MR) is 82.0 cm³/mol. The van der Waals surface area contributed by atoms with Crippen molar-refractivity contribution in [3.8, 4) is 0 Å². The second-order valence-electron chi connectivity index (χ2n) is 4.81. The predicted octanol–water partition coefficient (Wildman–Crippen LogP) is 3.15. The van der Waals surface area contributed by atoms with Gasteiger partial charge in [-0.1, -0.05) is 18.5 Å². The summed E-state index contributed by atoms with van der Waals surface area (Å²) in [5.41, 5.74) is 3.30. The molecule has 0 amide bonds. The smallest absolute Gasteiger partial charge is 0.0596 e. The van der Waals surface area contributed by atoms with Gasteiger partial charge in [0.25, 0.3) is 0 Å². The molecule has 0 aliphatic carbocycles. The molecular formula is C15H21ClN4. The van der Waals surface area contributed by atoms with Crippen molar-refractivity contribution >= 4 is 11.6 Å². The Morgan fingerprint density at radius 3 is 2.75 bits per heavy atom. The number of nitrogens with zero attached hydrogens (tertiary/aromatic N) is 3. The Morgan fingerprint density at radius 2 is 2.15 bits per heavy atom. The molecule has 0 saturated carbocycles. The van der Waals surface area contributed by atoms with Crippen molar-refractivity contribution in [3.63, 3.8) is 0 Å². The van der Waals surface area contributed by atoms with Gasteiger partial charge in [-0.15, -0.1) is 0 Å². The van der Waals surface area contributed by atoms with Crippen LogP contribution in [-0.2, 0) is 13.0 Å². The van der Waals surface area contributed by atoms with Crippen molar-refractivity contribution in [1.29, 1.82) is 0 Å². The quantitative estimate of drug-likeness (QED) is 0.889. The molecule has 2 rings (SSSR count). The third kappa shape index (κ3) is 3.58. The SMILES string of the molecule is CCNC(Cc1cc(C)nn1CC)c1ccc(Cl)cn1. The molecule has 20 heavy (non-hydrogen) atoms. The molecule has 2 aromatic rings. The zero-order valence-electron chi connectivity index (χ0n) is 12.2. The highest BCUT2D eigenvalue weighted by Gasteiger charge is 2.15. The highest BCUT2D eigenvalue weighted by molar-refractivity contribution is 6.30. The maximum absolute atomic E-state index is 5.91. The zero-order chi connectivity index (χ0) is 14.5. The standard InChI is InChI=1S/C15H21ClN4/c1-4-17-15(14-7-6-12(16)10-18-14)9-13-8-11(3)19-20(13)5-2/h6-8,10,15,17H,4-5,9H2,1-3H3. The first kappa shape index (κ1) is 15.0. The lowest BCUT2D eigenvalue weighted by Crippen LogP contribution is -2.25.